The zero-order chi connectivity index (χ0) is 28.2. The molecule has 1 fully saturated rings. The zero-order valence-electron chi connectivity index (χ0n) is 21.7. The number of methoxy groups -OCH3 is 2. The van der Waals surface area contributed by atoms with Gasteiger partial charge < -0.3 is 14.8 Å². The van der Waals surface area contributed by atoms with Crippen molar-refractivity contribution < 1.29 is 39.8 Å². The summed E-state index contributed by atoms with van der Waals surface area (Å²) in [7, 11) is -3.99. The highest BCUT2D eigenvalue weighted by Gasteiger charge is 2.31. The fraction of sp³-hybridized carbons (Fsp3) is 0.500. The molecule has 0 radical (unpaired) electrons. The molecule has 10 nitrogen and oxygen atoms in total. The van der Waals surface area contributed by atoms with Gasteiger partial charge in [-0.2, -0.15) is 16.8 Å². The molecule has 1 saturated heterocycles. The summed E-state index contributed by atoms with van der Waals surface area (Å²) in [5.74, 6) is 1.48. The van der Waals surface area contributed by atoms with E-state index in [0.717, 1.165) is 48.6 Å². The van der Waals surface area contributed by atoms with Gasteiger partial charge in [-0.3, -0.25) is 14.0 Å². The Morgan fingerprint density at radius 2 is 1.65 bits per heavy atom. The molecule has 37 heavy (non-hydrogen) atoms. The molecule has 0 amide bonds. The SMILES string of the molecule is CCN1CCCC(NCc2cc(OC)ccc2OC)C1c1cccc(F)c1.CS(=O)(=O)O.CS(=O)(=O)O. The van der Waals surface area contributed by atoms with Crippen molar-refractivity contribution in [3.8, 4) is 11.5 Å². The zero-order valence-corrected chi connectivity index (χ0v) is 23.4. The van der Waals surface area contributed by atoms with Crippen LogP contribution in [0.5, 0.6) is 11.5 Å². The van der Waals surface area contributed by atoms with Gasteiger partial charge >= 0.3 is 0 Å². The first-order valence-electron chi connectivity index (χ1n) is 11.4. The second kappa shape index (κ2) is 15.2. The molecule has 1 aliphatic heterocycles. The van der Waals surface area contributed by atoms with Crippen molar-refractivity contribution in [2.24, 2.45) is 0 Å². The maximum absolute atomic E-state index is 13.8. The van der Waals surface area contributed by atoms with E-state index in [2.05, 4.69) is 17.1 Å². The third-order valence-corrected chi connectivity index (χ3v) is 5.37. The first-order valence-corrected chi connectivity index (χ1v) is 15.1. The van der Waals surface area contributed by atoms with Gasteiger partial charge in [-0.05, 0) is 61.8 Å². The summed E-state index contributed by atoms with van der Waals surface area (Å²) in [5, 5.41) is 3.70. The number of ether oxygens (including phenoxy) is 2. The minimum Gasteiger partial charge on any atom is -0.497 e. The Hall–Kier alpha value is -2.29. The Morgan fingerprint density at radius 1 is 1.03 bits per heavy atom. The second-order valence-electron chi connectivity index (χ2n) is 8.40. The number of hydrogen-bond acceptors (Lipinski definition) is 8. The maximum atomic E-state index is 13.8. The van der Waals surface area contributed by atoms with Crippen LogP contribution in [0.1, 0.15) is 36.9 Å². The highest BCUT2D eigenvalue weighted by Crippen LogP contribution is 2.32. The summed E-state index contributed by atoms with van der Waals surface area (Å²) in [6, 6.07) is 13.2. The van der Waals surface area contributed by atoms with Crippen molar-refractivity contribution in [2.75, 3.05) is 39.8 Å². The van der Waals surface area contributed by atoms with Crippen molar-refractivity contribution in [1.82, 2.24) is 10.2 Å². The van der Waals surface area contributed by atoms with Crippen LogP contribution in [0.25, 0.3) is 0 Å². The Morgan fingerprint density at radius 3 is 2.16 bits per heavy atom. The van der Waals surface area contributed by atoms with E-state index in [-0.39, 0.29) is 17.9 Å². The van der Waals surface area contributed by atoms with Crippen molar-refractivity contribution in [1.29, 1.82) is 0 Å². The molecule has 2 unspecified atom stereocenters. The van der Waals surface area contributed by atoms with E-state index in [4.69, 9.17) is 18.6 Å². The van der Waals surface area contributed by atoms with Crippen molar-refractivity contribution in [3.63, 3.8) is 0 Å². The topological polar surface area (TPSA) is 142 Å². The van der Waals surface area contributed by atoms with Gasteiger partial charge in [-0.1, -0.05) is 19.1 Å². The molecule has 3 N–H and O–H groups in total. The van der Waals surface area contributed by atoms with Gasteiger partial charge in [0.15, 0.2) is 0 Å². The van der Waals surface area contributed by atoms with Gasteiger partial charge in [0.1, 0.15) is 17.3 Å². The number of likely N-dealkylation sites (N-methyl/N-ethyl adjacent to an activating group) is 1. The molecular weight excluding hydrogens is 527 g/mol. The number of nitrogens with zero attached hydrogens (tertiary/aromatic N) is 1. The number of hydrogen-bond donors (Lipinski definition) is 3. The normalized spacial score (nSPS) is 18.1. The first-order chi connectivity index (χ1) is 17.2. The molecular formula is C24H37FN2O8S2. The van der Waals surface area contributed by atoms with E-state index in [1.807, 2.05) is 24.3 Å². The molecule has 0 saturated carbocycles. The summed E-state index contributed by atoms with van der Waals surface area (Å²) in [4.78, 5) is 2.43. The van der Waals surface area contributed by atoms with Crippen LogP contribution in [0.4, 0.5) is 4.39 Å². The van der Waals surface area contributed by atoms with Gasteiger partial charge in [-0.25, -0.2) is 4.39 Å². The minimum absolute atomic E-state index is 0.163. The molecule has 1 aliphatic rings. The molecule has 2 atom stereocenters. The summed E-state index contributed by atoms with van der Waals surface area (Å²) in [6.07, 6.45) is 3.62. The fourth-order valence-corrected chi connectivity index (χ4v) is 4.03. The largest absolute Gasteiger partial charge is 0.497 e. The van der Waals surface area contributed by atoms with Crippen molar-refractivity contribution in [3.05, 3.63) is 59.4 Å². The van der Waals surface area contributed by atoms with Gasteiger partial charge in [0.25, 0.3) is 20.2 Å². The van der Waals surface area contributed by atoms with Crippen LogP contribution in [0.2, 0.25) is 0 Å². The minimum atomic E-state index is -3.67. The number of benzene rings is 2. The number of nitrogens with one attached hydrogen (secondary N) is 1. The Balaban J connectivity index is 0.000000583. The lowest BCUT2D eigenvalue weighted by molar-refractivity contribution is 0.117. The average Bonchev–Trinajstić information content (AvgIpc) is 2.80. The highest BCUT2D eigenvalue weighted by molar-refractivity contribution is 7.85. The number of rotatable bonds is 7. The van der Waals surface area contributed by atoms with Crippen molar-refractivity contribution >= 4 is 20.2 Å². The van der Waals surface area contributed by atoms with Crippen LogP contribution in [0, 0.1) is 5.82 Å². The van der Waals surface area contributed by atoms with Crippen LogP contribution < -0.4 is 14.8 Å². The molecule has 2 aromatic rings. The molecule has 210 valence electrons. The summed E-state index contributed by atoms with van der Waals surface area (Å²) in [6.45, 7) is 4.83. The predicted molar refractivity (Wildman–Crippen MR) is 141 cm³/mol. The lowest BCUT2D eigenvalue weighted by atomic mass is 9.90. The van der Waals surface area contributed by atoms with E-state index < -0.39 is 20.2 Å². The molecule has 2 aromatic carbocycles. The third kappa shape index (κ3) is 13.7. The standard InChI is InChI=1S/C22H29FN2O2.2CH4O3S/c1-4-25-12-6-9-20(22(25)16-7-5-8-18(23)13-16)24-15-17-14-19(26-2)10-11-21(17)27-3;2*1-5(2,3)4/h5,7-8,10-11,13-14,20,22,24H,4,6,9,12,15H2,1-3H3;2*1H3,(H,2,3,4). The van der Waals surface area contributed by atoms with Crippen LogP contribution >= 0.6 is 0 Å². The molecule has 3 rings (SSSR count). The summed E-state index contributed by atoms with van der Waals surface area (Å²) >= 11 is 0. The van der Waals surface area contributed by atoms with Crippen molar-refractivity contribution in [2.45, 2.75) is 38.4 Å². The average molecular weight is 565 g/mol. The smallest absolute Gasteiger partial charge is 0.261 e. The van der Waals surface area contributed by atoms with E-state index in [0.29, 0.717) is 19.1 Å². The molecule has 13 heteroatoms. The molecule has 1 heterocycles. The first kappa shape index (κ1) is 32.7. The molecule has 0 bridgehead atoms. The monoisotopic (exact) mass is 564 g/mol. The number of piperidine rings is 1. The van der Waals surface area contributed by atoms with Gasteiger partial charge in [0.05, 0.1) is 32.8 Å². The van der Waals surface area contributed by atoms with E-state index in [1.54, 1.807) is 26.4 Å². The number of halogens is 1. The Labute approximate surface area is 219 Å². The lowest BCUT2D eigenvalue weighted by Gasteiger charge is -2.41. The fourth-order valence-electron chi connectivity index (χ4n) is 4.03. The maximum Gasteiger partial charge on any atom is 0.261 e. The Bertz CT molecular complexity index is 1150. The predicted octanol–water partition coefficient (Wildman–Crippen LogP) is 3.17. The quantitative estimate of drug-likeness (QED) is 0.429. The van der Waals surface area contributed by atoms with Gasteiger partial charge in [0, 0.05) is 18.2 Å². The van der Waals surface area contributed by atoms with Gasteiger partial charge in [0.2, 0.25) is 0 Å². The van der Waals surface area contributed by atoms with E-state index in [9.17, 15) is 21.2 Å². The van der Waals surface area contributed by atoms with E-state index in [1.165, 1.54) is 6.07 Å². The third-order valence-electron chi connectivity index (χ3n) is 5.37. The van der Waals surface area contributed by atoms with Crippen LogP contribution in [0.15, 0.2) is 42.5 Å². The van der Waals surface area contributed by atoms with Crippen LogP contribution in [0.3, 0.4) is 0 Å². The highest BCUT2D eigenvalue weighted by atomic mass is 32.2. The van der Waals surface area contributed by atoms with E-state index >= 15 is 0 Å². The van der Waals surface area contributed by atoms with Gasteiger partial charge in [-0.15, -0.1) is 0 Å². The lowest BCUT2D eigenvalue weighted by Crippen LogP contribution is -2.48. The summed E-state index contributed by atoms with van der Waals surface area (Å²) in [5.41, 5.74) is 2.09. The second-order valence-corrected chi connectivity index (χ2v) is 11.3. The Kier molecular flexibility index (Phi) is 13.5. The van der Waals surface area contributed by atoms with Crippen LogP contribution in [-0.4, -0.2) is 76.7 Å². The number of likely N-dealkylation sites (tertiary alicyclic amines) is 1. The van der Waals surface area contributed by atoms with Crippen LogP contribution in [-0.2, 0) is 26.8 Å². The molecule has 0 aromatic heterocycles. The molecule has 0 spiro atoms. The summed E-state index contributed by atoms with van der Waals surface area (Å²) < 4.78 is 76.4. The molecule has 0 aliphatic carbocycles.